The summed E-state index contributed by atoms with van der Waals surface area (Å²) in [4.78, 5) is 16.8. The van der Waals surface area contributed by atoms with Crippen molar-refractivity contribution in [2.75, 3.05) is 54.3 Å². The number of ether oxygens (including phenoxy) is 1. The molecule has 0 saturated carbocycles. The number of alkyl halides is 1. The minimum atomic E-state index is -3.37. The third kappa shape index (κ3) is 5.35. The monoisotopic (exact) mass is 474 g/mol. The lowest BCUT2D eigenvalue weighted by Crippen LogP contribution is -2.49. The molecular formula is C19H27ClN4O4S2. The number of amides is 1. The van der Waals surface area contributed by atoms with Gasteiger partial charge in [0, 0.05) is 43.5 Å². The van der Waals surface area contributed by atoms with E-state index >= 15 is 0 Å². The number of sulfonamides is 1. The summed E-state index contributed by atoms with van der Waals surface area (Å²) >= 11 is 10.8. The number of nitrogens with one attached hydrogen (secondary N) is 1. The molecule has 0 aromatic heterocycles. The number of nitrogens with zero attached hydrogens (tertiary/aromatic N) is 3. The number of piperazine rings is 1. The van der Waals surface area contributed by atoms with Crippen molar-refractivity contribution in [1.82, 2.24) is 9.62 Å². The fourth-order valence-corrected chi connectivity index (χ4v) is 4.75. The summed E-state index contributed by atoms with van der Waals surface area (Å²) in [7, 11) is -3.37. The third-order valence-corrected chi connectivity index (χ3v) is 8.07. The lowest BCUT2D eigenvalue weighted by molar-refractivity contribution is 0.143. The fourth-order valence-electron chi connectivity index (χ4n) is 3.39. The average Bonchev–Trinajstić information content (AvgIpc) is 3.12. The van der Waals surface area contributed by atoms with Gasteiger partial charge in [-0.1, -0.05) is 26.1 Å². The Morgan fingerprint density at radius 2 is 1.80 bits per heavy atom. The van der Waals surface area contributed by atoms with Crippen LogP contribution in [0.1, 0.15) is 13.8 Å². The molecule has 1 atom stereocenters. The van der Waals surface area contributed by atoms with E-state index in [9.17, 15) is 13.2 Å². The molecule has 30 heavy (non-hydrogen) atoms. The highest BCUT2D eigenvalue weighted by Gasteiger charge is 2.32. The van der Waals surface area contributed by atoms with Crippen LogP contribution in [0.2, 0.25) is 0 Å². The zero-order chi connectivity index (χ0) is 21.9. The molecule has 0 radical (unpaired) electrons. The molecule has 0 bridgehead atoms. The van der Waals surface area contributed by atoms with E-state index in [1.54, 1.807) is 4.90 Å². The van der Waals surface area contributed by atoms with Crippen molar-refractivity contribution < 1.29 is 17.9 Å². The molecule has 1 aromatic rings. The average molecular weight is 475 g/mol. The second-order valence-corrected chi connectivity index (χ2v) is 10.6. The Labute approximate surface area is 188 Å². The largest absolute Gasteiger partial charge is 0.442 e. The van der Waals surface area contributed by atoms with Gasteiger partial charge in [0.05, 0.1) is 18.1 Å². The summed E-state index contributed by atoms with van der Waals surface area (Å²) in [5.41, 5.74) is 1.75. The van der Waals surface area contributed by atoms with E-state index in [4.69, 9.17) is 28.6 Å². The topological polar surface area (TPSA) is 82.2 Å². The fraction of sp³-hybridized carbons (Fsp3) is 0.579. The van der Waals surface area contributed by atoms with Gasteiger partial charge >= 0.3 is 6.09 Å². The molecule has 2 fully saturated rings. The van der Waals surface area contributed by atoms with Gasteiger partial charge in [-0.2, -0.15) is 4.31 Å². The molecule has 2 heterocycles. The lowest BCUT2D eigenvalue weighted by Gasteiger charge is -2.35. The van der Waals surface area contributed by atoms with Gasteiger partial charge in [0.2, 0.25) is 10.0 Å². The van der Waals surface area contributed by atoms with Crippen LogP contribution in [0.25, 0.3) is 0 Å². The third-order valence-electron chi connectivity index (χ3n) is 5.20. The van der Waals surface area contributed by atoms with Crippen LogP contribution in [0.3, 0.4) is 0 Å². The van der Waals surface area contributed by atoms with Gasteiger partial charge < -0.3 is 15.0 Å². The van der Waals surface area contributed by atoms with Crippen LogP contribution in [0.15, 0.2) is 24.3 Å². The van der Waals surface area contributed by atoms with Crippen LogP contribution in [0, 0.1) is 5.92 Å². The van der Waals surface area contributed by atoms with Crippen molar-refractivity contribution in [3.63, 3.8) is 0 Å². The normalized spacial score (nSPS) is 20.5. The first-order valence-corrected chi connectivity index (χ1v) is 12.4. The van der Waals surface area contributed by atoms with Crippen molar-refractivity contribution >= 4 is 56.3 Å². The van der Waals surface area contributed by atoms with Gasteiger partial charge in [0.1, 0.15) is 11.3 Å². The minimum absolute atomic E-state index is 0.248. The Kier molecular flexibility index (Phi) is 7.43. The van der Waals surface area contributed by atoms with Gasteiger partial charge in [-0.15, -0.1) is 11.6 Å². The molecule has 2 saturated heterocycles. The molecule has 1 N–H and O–H groups in total. The molecule has 3 rings (SSSR count). The van der Waals surface area contributed by atoms with E-state index in [0.29, 0.717) is 39.3 Å². The number of thiocarbonyl (C=S) groups is 1. The quantitative estimate of drug-likeness (QED) is 0.479. The summed E-state index contributed by atoms with van der Waals surface area (Å²) in [6.45, 7) is 6.97. The highest BCUT2D eigenvalue weighted by Crippen LogP contribution is 2.26. The zero-order valence-corrected chi connectivity index (χ0v) is 19.5. The molecule has 8 nitrogen and oxygen atoms in total. The Hall–Kier alpha value is -1.62. The van der Waals surface area contributed by atoms with E-state index in [2.05, 4.69) is 10.2 Å². The number of benzene rings is 1. The molecule has 11 heteroatoms. The molecule has 0 spiro atoms. The number of carbonyl (C=O) groups is 1. The summed E-state index contributed by atoms with van der Waals surface area (Å²) < 4.78 is 30.6. The standard InChI is InChI=1S/C19H27ClN4O4S2/c1-14(2)18(29)21-11-17-12-24(19(25)28-17)16-5-3-15(4-6-16)22-7-9-23(10-8-22)30(26,27)13-20/h3-6,14,17H,7-13H2,1-2H3,(H,21,29)/t17-/m0/s1. The Morgan fingerprint density at radius 3 is 2.37 bits per heavy atom. The van der Waals surface area contributed by atoms with Gasteiger partial charge in [0.25, 0.3) is 0 Å². The number of hydrogen-bond acceptors (Lipinski definition) is 6. The van der Waals surface area contributed by atoms with E-state index < -0.39 is 15.2 Å². The Morgan fingerprint density at radius 1 is 1.20 bits per heavy atom. The van der Waals surface area contributed by atoms with Gasteiger partial charge in [-0.25, -0.2) is 13.2 Å². The van der Waals surface area contributed by atoms with Crippen molar-refractivity contribution in [3.05, 3.63) is 24.3 Å². The number of hydrogen-bond donors (Lipinski definition) is 1. The number of rotatable bonds is 7. The summed E-state index contributed by atoms with van der Waals surface area (Å²) in [6.07, 6.45) is -0.629. The molecule has 1 amide bonds. The van der Waals surface area contributed by atoms with Gasteiger partial charge in [-0.05, 0) is 24.3 Å². The zero-order valence-electron chi connectivity index (χ0n) is 17.1. The smallest absolute Gasteiger partial charge is 0.414 e. The molecule has 2 aliphatic heterocycles. The number of halogens is 1. The Balaban J connectivity index is 1.56. The number of carbonyl (C=O) groups excluding carboxylic acids is 1. The maximum absolute atomic E-state index is 12.3. The number of cyclic esters (lactones) is 1. The molecule has 0 unspecified atom stereocenters. The van der Waals surface area contributed by atoms with E-state index in [1.807, 2.05) is 38.1 Å². The van der Waals surface area contributed by atoms with E-state index in [-0.39, 0.29) is 18.1 Å². The molecular weight excluding hydrogens is 448 g/mol. The molecule has 1 aromatic carbocycles. The molecule has 2 aliphatic rings. The summed E-state index contributed by atoms with van der Waals surface area (Å²) in [5, 5.41) is 2.76. The molecule has 166 valence electrons. The van der Waals surface area contributed by atoms with Crippen molar-refractivity contribution in [2.45, 2.75) is 20.0 Å². The maximum Gasteiger partial charge on any atom is 0.414 e. The molecule has 0 aliphatic carbocycles. The predicted octanol–water partition coefficient (Wildman–Crippen LogP) is 2.23. The second-order valence-electron chi connectivity index (χ2n) is 7.64. The maximum atomic E-state index is 12.3. The van der Waals surface area contributed by atoms with Crippen LogP contribution in [-0.4, -0.2) is 74.4 Å². The first-order valence-electron chi connectivity index (χ1n) is 9.86. The van der Waals surface area contributed by atoms with Crippen LogP contribution in [0.5, 0.6) is 0 Å². The highest BCUT2D eigenvalue weighted by molar-refractivity contribution is 7.90. The SMILES string of the molecule is CC(C)C(=S)NC[C@H]1CN(c2ccc(N3CCN(S(=O)(=O)CCl)CC3)cc2)C(=O)O1. The van der Waals surface area contributed by atoms with Crippen LogP contribution in [0.4, 0.5) is 16.2 Å². The van der Waals surface area contributed by atoms with Crippen LogP contribution in [-0.2, 0) is 14.8 Å². The van der Waals surface area contributed by atoms with E-state index in [0.717, 1.165) is 16.4 Å². The predicted molar refractivity (Wildman–Crippen MR) is 123 cm³/mol. The van der Waals surface area contributed by atoms with Gasteiger partial charge in [0.15, 0.2) is 0 Å². The lowest BCUT2D eigenvalue weighted by atomic mass is 10.2. The van der Waals surface area contributed by atoms with Gasteiger partial charge in [-0.3, -0.25) is 4.90 Å². The first-order chi connectivity index (χ1) is 14.2. The minimum Gasteiger partial charge on any atom is -0.442 e. The van der Waals surface area contributed by atoms with Crippen LogP contribution >= 0.6 is 23.8 Å². The Bertz CT molecular complexity index is 871. The summed E-state index contributed by atoms with van der Waals surface area (Å²) in [6, 6.07) is 7.64. The highest BCUT2D eigenvalue weighted by atomic mass is 35.5. The van der Waals surface area contributed by atoms with Crippen molar-refractivity contribution in [1.29, 1.82) is 0 Å². The number of anilines is 2. The summed E-state index contributed by atoms with van der Waals surface area (Å²) in [5.74, 6) is 0.248. The van der Waals surface area contributed by atoms with Crippen LogP contribution < -0.4 is 15.1 Å². The van der Waals surface area contributed by atoms with Crippen molar-refractivity contribution in [3.8, 4) is 0 Å². The van der Waals surface area contributed by atoms with Crippen molar-refractivity contribution in [2.24, 2.45) is 5.92 Å². The second kappa shape index (κ2) is 9.67. The first kappa shape index (κ1) is 23.1. The van der Waals surface area contributed by atoms with E-state index in [1.165, 1.54) is 4.31 Å².